The molecule has 0 heterocycles. The molecule has 0 fully saturated rings. The van der Waals surface area contributed by atoms with Crippen molar-refractivity contribution in [3.8, 4) is 0 Å². The van der Waals surface area contributed by atoms with Gasteiger partial charge in [-0.3, -0.25) is 0 Å². The van der Waals surface area contributed by atoms with E-state index in [9.17, 15) is 9.59 Å². The molecule has 2 N–H and O–H groups in total. The van der Waals surface area contributed by atoms with Crippen LogP contribution in [0.4, 0.5) is 0 Å². The maximum absolute atomic E-state index is 11.2. The summed E-state index contributed by atoms with van der Waals surface area (Å²) in [6, 6.07) is 11.3. The predicted octanol–water partition coefficient (Wildman–Crippen LogP) is 3.09. The second-order valence-corrected chi connectivity index (χ2v) is 4.59. The highest BCUT2D eigenvalue weighted by Gasteiger charge is 2.22. The minimum absolute atomic E-state index is 0.263. The lowest BCUT2D eigenvalue weighted by atomic mass is 9.92. The van der Waals surface area contributed by atoms with Gasteiger partial charge in [-0.05, 0) is 41.3 Å². The Morgan fingerprint density at radius 1 is 0.950 bits per heavy atom. The van der Waals surface area contributed by atoms with Crippen molar-refractivity contribution in [2.75, 3.05) is 0 Å². The van der Waals surface area contributed by atoms with Gasteiger partial charge in [-0.1, -0.05) is 36.4 Å². The molecule has 0 bridgehead atoms. The Balaban J connectivity index is 2.87. The molecule has 0 amide bonds. The standard InChI is InChI=1S/C16H14O4/c1-9-7-8-11-5-3-4-6-12(11)13(9)10(2)14(15(17)18)16(19)20/h3-8H,1-2H3,(H,17,18)(H,19,20). The van der Waals surface area contributed by atoms with Crippen LogP contribution in [0.5, 0.6) is 0 Å². The minimum atomic E-state index is -1.43. The van der Waals surface area contributed by atoms with Crippen molar-refractivity contribution in [2.45, 2.75) is 13.8 Å². The van der Waals surface area contributed by atoms with Crippen LogP contribution in [-0.2, 0) is 9.59 Å². The molecule has 0 spiro atoms. The minimum Gasteiger partial charge on any atom is -0.477 e. The maximum atomic E-state index is 11.2. The van der Waals surface area contributed by atoms with Crippen molar-refractivity contribution in [3.63, 3.8) is 0 Å². The molecule has 4 nitrogen and oxygen atoms in total. The van der Waals surface area contributed by atoms with Crippen LogP contribution >= 0.6 is 0 Å². The molecule has 2 rings (SSSR count). The number of benzene rings is 2. The third-order valence-corrected chi connectivity index (χ3v) is 3.32. The SMILES string of the molecule is CC(=C(C(=O)O)C(=O)O)c1c(C)ccc2ccccc12. The second-order valence-electron chi connectivity index (χ2n) is 4.59. The topological polar surface area (TPSA) is 74.6 Å². The molecule has 0 saturated heterocycles. The van der Waals surface area contributed by atoms with E-state index in [4.69, 9.17) is 10.2 Å². The van der Waals surface area contributed by atoms with E-state index in [1.165, 1.54) is 6.92 Å². The molecule has 0 aliphatic carbocycles. The van der Waals surface area contributed by atoms with Crippen molar-refractivity contribution >= 4 is 28.3 Å². The summed E-state index contributed by atoms with van der Waals surface area (Å²) in [5.41, 5.74) is 1.19. The first kappa shape index (κ1) is 13.8. The maximum Gasteiger partial charge on any atom is 0.343 e. The van der Waals surface area contributed by atoms with E-state index >= 15 is 0 Å². The van der Waals surface area contributed by atoms with Crippen LogP contribution in [0.15, 0.2) is 42.0 Å². The molecule has 0 aliphatic rings. The molecule has 0 saturated carbocycles. The number of aliphatic carboxylic acids is 2. The van der Waals surface area contributed by atoms with Gasteiger partial charge in [-0.25, -0.2) is 9.59 Å². The number of hydrogen-bond acceptors (Lipinski definition) is 2. The van der Waals surface area contributed by atoms with Crippen molar-refractivity contribution < 1.29 is 19.8 Å². The van der Waals surface area contributed by atoms with E-state index in [0.29, 0.717) is 5.56 Å². The molecule has 4 heteroatoms. The summed E-state index contributed by atoms with van der Waals surface area (Å²) in [6.45, 7) is 3.37. The molecule has 2 aromatic carbocycles. The van der Waals surface area contributed by atoms with Gasteiger partial charge in [0.1, 0.15) is 5.57 Å². The lowest BCUT2D eigenvalue weighted by Gasteiger charge is -2.12. The lowest BCUT2D eigenvalue weighted by molar-refractivity contribution is -0.140. The lowest BCUT2D eigenvalue weighted by Crippen LogP contribution is -2.13. The summed E-state index contributed by atoms with van der Waals surface area (Å²) < 4.78 is 0. The number of aryl methyl sites for hydroxylation is 1. The number of rotatable bonds is 3. The number of allylic oxidation sites excluding steroid dienone is 1. The Hall–Kier alpha value is -2.62. The summed E-state index contributed by atoms with van der Waals surface area (Å²) >= 11 is 0. The van der Waals surface area contributed by atoms with Gasteiger partial charge in [0.25, 0.3) is 0 Å². The van der Waals surface area contributed by atoms with Gasteiger partial charge in [-0.2, -0.15) is 0 Å². The first-order valence-electron chi connectivity index (χ1n) is 6.09. The van der Waals surface area contributed by atoms with Crippen LogP contribution in [0.3, 0.4) is 0 Å². The molecule has 0 unspecified atom stereocenters. The average Bonchev–Trinajstić information content (AvgIpc) is 2.37. The van der Waals surface area contributed by atoms with Crippen molar-refractivity contribution in [3.05, 3.63) is 53.1 Å². The van der Waals surface area contributed by atoms with Gasteiger partial charge in [0.2, 0.25) is 0 Å². The summed E-state index contributed by atoms with van der Waals surface area (Å²) in [5, 5.41) is 20.0. The predicted molar refractivity (Wildman–Crippen MR) is 76.6 cm³/mol. The molecule has 0 radical (unpaired) electrons. The third kappa shape index (κ3) is 2.28. The zero-order valence-electron chi connectivity index (χ0n) is 11.2. The fourth-order valence-electron chi connectivity index (χ4n) is 2.42. The Kier molecular flexibility index (Phi) is 3.57. The highest BCUT2D eigenvalue weighted by atomic mass is 16.4. The number of carboxylic acid groups (broad SMARTS) is 2. The summed E-state index contributed by atoms with van der Waals surface area (Å²) in [4.78, 5) is 22.3. The van der Waals surface area contributed by atoms with Crippen molar-refractivity contribution in [2.24, 2.45) is 0 Å². The molecule has 102 valence electrons. The van der Waals surface area contributed by atoms with Crippen molar-refractivity contribution in [1.29, 1.82) is 0 Å². The summed E-state index contributed by atoms with van der Waals surface area (Å²) in [5.74, 6) is -2.86. The van der Waals surface area contributed by atoms with Gasteiger partial charge >= 0.3 is 11.9 Å². The van der Waals surface area contributed by atoms with E-state index in [0.717, 1.165) is 16.3 Å². The zero-order chi connectivity index (χ0) is 14.9. The first-order valence-corrected chi connectivity index (χ1v) is 6.09. The Labute approximate surface area is 116 Å². The Morgan fingerprint density at radius 2 is 1.55 bits per heavy atom. The summed E-state index contributed by atoms with van der Waals surface area (Å²) in [7, 11) is 0. The Morgan fingerprint density at radius 3 is 2.15 bits per heavy atom. The smallest absolute Gasteiger partial charge is 0.343 e. The van der Waals surface area contributed by atoms with Crippen LogP contribution < -0.4 is 0 Å². The molecule has 2 aromatic rings. The van der Waals surface area contributed by atoms with Gasteiger partial charge < -0.3 is 10.2 Å². The highest BCUT2D eigenvalue weighted by Crippen LogP contribution is 2.30. The van der Waals surface area contributed by atoms with Gasteiger partial charge in [-0.15, -0.1) is 0 Å². The zero-order valence-corrected chi connectivity index (χ0v) is 11.2. The van der Waals surface area contributed by atoms with E-state index in [1.807, 2.05) is 43.3 Å². The third-order valence-electron chi connectivity index (χ3n) is 3.32. The molecule has 0 aliphatic heterocycles. The fourth-order valence-corrected chi connectivity index (χ4v) is 2.42. The van der Waals surface area contributed by atoms with Crippen LogP contribution in [0, 0.1) is 6.92 Å². The second kappa shape index (κ2) is 5.17. The monoisotopic (exact) mass is 270 g/mol. The fraction of sp³-hybridized carbons (Fsp3) is 0.125. The Bertz CT molecular complexity index is 725. The quantitative estimate of drug-likeness (QED) is 0.510. The molecule has 0 aromatic heterocycles. The largest absolute Gasteiger partial charge is 0.477 e. The summed E-state index contributed by atoms with van der Waals surface area (Å²) in [6.07, 6.45) is 0. The molecule has 0 atom stereocenters. The normalized spacial score (nSPS) is 10.3. The van der Waals surface area contributed by atoms with Gasteiger partial charge in [0.05, 0.1) is 0 Å². The van der Waals surface area contributed by atoms with Gasteiger partial charge in [0, 0.05) is 0 Å². The number of hydrogen-bond donors (Lipinski definition) is 2. The number of carboxylic acids is 2. The van der Waals surface area contributed by atoms with Crippen LogP contribution in [-0.4, -0.2) is 22.2 Å². The highest BCUT2D eigenvalue weighted by molar-refractivity contribution is 6.19. The van der Waals surface area contributed by atoms with E-state index < -0.39 is 17.5 Å². The van der Waals surface area contributed by atoms with Crippen molar-refractivity contribution in [1.82, 2.24) is 0 Å². The average molecular weight is 270 g/mol. The first-order chi connectivity index (χ1) is 9.43. The van der Waals surface area contributed by atoms with Crippen LogP contribution in [0.2, 0.25) is 0 Å². The molecule has 20 heavy (non-hydrogen) atoms. The van der Waals surface area contributed by atoms with E-state index in [-0.39, 0.29) is 5.57 Å². The molecular formula is C16H14O4. The van der Waals surface area contributed by atoms with E-state index in [2.05, 4.69) is 0 Å². The molecular weight excluding hydrogens is 256 g/mol. The van der Waals surface area contributed by atoms with Gasteiger partial charge in [0.15, 0.2) is 0 Å². The number of fused-ring (bicyclic) bond motifs is 1. The van der Waals surface area contributed by atoms with E-state index in [1.54, 1.807) is 0 Å². The van der Waals surface area contributed by atoms with Crippen LogP contribution in [0.25, 0.3) is 16.3 Å². The number of carbonyl (C=O) groups is 2. The van der Waals surface area contributed by atoms with Crippen LogP contribution in [0.1, 0.15) is 18.1 Å².